The van der Waals surface area contributed by atoms with E-state index in [2.05, 4.69) is 4.98 Å². The molecule has 25 heavy (non-hydrogen) atoms. The number of hydrogen-bond donors (Lipinski definition) is 1. The van der Waals surface area contributed by atoms with Gasteiger partial charge in [-0.15, -0.1) is 0 Å². The quantitative estimate of drug-likeness (QED) is 0.935. The Morgan fingerprint density at radius 3 is 2.68 bits per heavy atom. The fourth-order valence-corrected chi connectivity index (χ4v) is 4.15. The zero-order valence-electron chi connectivity index (χ0n) is 14.4. The standard InChI is InChI=1S/C20H23N3O2/c1-25-17-5-2-13(3-6-17)15-8-16(10-22-9-15)20(24)23-11-14-4-7-19(21)18(14)12-23/h2-3,5-6,8-10,14,18-19H,4,7,11-12,21H2,1H3. The first-order valence-corrected chi connectivity index (χ1v) is 8.80. The van der Waals surface area contributed by atoms with Crippen molar-refractivity contribution in [1.82, 2.24) is 9.88 Å². The minimum absolute atomic E-state index is 0.0597. The number of carbonyl (C=O) groups excluding carboxylic acids is 1. The minimum atomic E-state index is 0.0597. The average Bonchev–Trinajstić information content (AvgIpc) is 3.23. The SMILES string of the molecule is COc1ccc(-c2cncc(C(=O)N3CC4CCC(N)C4C3)c2)cc1. The van der Waals surface area contributed by atoms with E-state index >= 15 is 0 Å². The molecule has 130 valence electrons. The fraction of sp³-hybridized carbons (Fsp3) is 0.400. The van der Waals surface area contributed by atoms with Crippen LogP contribution in [0.2, 0.25) is 0 Å². The summed E-state index contributed by atoms with van der Waals surface area (Å²) in [4.78, 5) is 19.1. The number of amides is 1. The summed E-state index contributed by atoms with van der Waals surface area (Å²) in [6, 6.07) is 9.93. The molecule has 1 aliphatic carbocycles. The summed E-state index contributed by atoms with van der Waals surface area (Å²) in [5.41, 5.74) is 8.78. The second-order valence-corrected chi connectivity index (χ2v) is 7.07. The number of aromatic nitrogens is 1. The molecular formula is C20H23N3O2. The van der Waals surface area contributed by atoms with Crippen molar-refractivity contribution in [3.63, 3.8) is 0 Å². The molecule has 1 amide bonds. The first kappa shape index (κ1) is 16.1. The highest BCUT2D eigenvalue weighted by atomic mass is 16.5. The van der Waals surface area contributed by atoms with Crippen molar-refractivity contribution in [2.45, 2.75) is 18.9 Å². The summed E-state index contributed by atoms with van der Waals surface area (Å²) in [5.74, 6) is 1.90. The van der Waals surface area contributed by atoms with E-state index in [1.54, 1.807) is 19.5 Å². The predicted octanol–water partition coefficient (Wildman–Crippen LogP) is 2.57. The van der Waals surface area contributed by atoms with Gasteiger partial charge >= 0.3 is 0 Å². The molecule has 1 saturated heterocycles. The highest BCUT2D eigenvalue weighted by molar-refractivity contribution is 5.95. The number of carbonyl (C=O) groups is 1. The molecule has 2 heterocycles. The van der Waals surface area contributed by atoms with E-state index in [-0.39, 0.29) is 11.9 Å². The van der Waals surface area contributed by atoms with Gasteiger partial charge in [0, 0.05) is 37.1 Å². The Morgan fingerprint density at radius 2 is 1.96 bits per heavy atom. The van der Waals surface area contributed by atoms with Crippen LogP contribution in [-0.4, -0.2) is 42.0 Å². The zero-order chi connectivity index (χ0) is 17.4. The van der Waals surface area contributed by atoms with Crippen LogP contribution < -0.4 is 10.5 Å². The number of likely N-dealkylation sites (tertiary alicyclic amines) is 1. The predicted molar refractivity (Wildman–Crippen MR) is 96.3 cm³/mol. The molecule has 2 aliphatic rings. The molecule has 1 saturated carbocycles. The number of benzene rings is 1. The van der Waals surface area contributed by atoms with E-state index in [1.165, 1.54) is 0 Å². The van der Waals surface area contributed by atoms with Crippen LogP contribution in [0, 0.1) is 11.8 Å². The van der Waals surface area contributed by atoms with Gasteiger partial charge in [-0.1, -0.05) is 12.1 Å². The molecule has 4 rings (SSSR count). The number of ether oxygens (including phenoxy) is 1. The molecule has 5 heteroatoms. The largest absolute Gasteiger partial charge is 0.497 e. The topological polar surface area (TPSA) is 68.5 Å². The second kappa shape index (κ2) is 6.48. The molecule has 0 bridgehead atoms. The molecule has 1 aliphatic heterocycles. The Hall–Kier alpha value is -2.40. The highest BCUT2D eigenvalue weighted by Gasteiger charge is 2.42. The van der Waals surface area contributed by atoms with Gasteiger partial charge in [-0.25, -0.2) is 0 Å². The summed E-state index contributed by atoms with van der Waals surface area (Å²) in [5, 5.41) is 0. The van der Waals surface area contributed by atoms with E-state index in [0.717, 1.165) is 42.8 Å². The van der Waals surface area contributed by atoms with E-state index < -0.39 is 0 Å². The van der Waals surface area contributed by atoms with E-state index in [9.17, 15) is 4.79 Å². The molecule has 2 N–H and O–H groups in total. The maximum atomic E-state index is 12.9. The van der Waals surface area contributed by atoms with E-state index in [0.29, 0.717) is 17.4 Å². The molecule has 0 radical (unpaired) electrons. The van der Waals surface area contributed by atoms with Crippen molar-refractivity contribution in [1.29, 1.82) is 0 Å². The summed E-state index contributed by atoms with van der Waals surface area (Å²) >= 11 is 0. The third-order valence-electron chi connectivity index (χ3n) is 5.61. The van der Waals surface area contributed by atoms with Gasteiger partial charge in [0.15, 0.2) is 0 Å². The van der Waals surface area contributed by atoms with Crippen LogP contribution in [0.15, 0.2) is 42.7 Å². The van der Waals surface area contributed by atoms with Crippen LogP contribution in [0.3, 0.4) is 0 Å². The van der Waals surface area contributed by atoms with Crippen LogP contribution in [0.1, 0.15) is 23.2 Å². The Bertz CT molecular complexity index is 775. The third kappa shape index (κ3) is 3.00. The van der Waals surface area contributed by atoms with Crippen LogP contribution in [0.5, 0.6) is 5.75 Å². The lowest BCUT2D eigenvalue weighted by Gasteiger charge is -2.19. The Kier molecular flexibility index (Phi) is 4.17. The Labute approximate surface area is 147 Å². The van der Waals surface area contributed by atoms with Crippen molar-refractivity contribution in [3.8, 4) is 16.9 Å². The molecule has 3 unspecified atom stereocenters. The number of hydrogen-bond acceptors (Lipinski definition) is 4. The highest BCUT2D eigenvalue weighted by Crippen LogP contribution is 2.37. The molecule has 3 atom stereocenters. The van der Waals surface area contributed by atoms with Crippen LogP contribution in [0.4, 0.5) is 0 Å². The van der Waals surface area contributed by atoms with Gasteiger partial charge in [0.1, 0.15) is 5.75 Å². The maximum absolute atomic E-state index is 12.9. The average molecular weight is 337 g/mol. The lowest BCUT2D eigenvalue weighted by atomic mass is 9.98. The van der Waals surface area contributed by atoms with Crippen molar-refractivity contribution in [2.24, 2.45) is 17.6 Å². The number of nitrogens with zero attached hydrogens (tertiary/aromatic N) is 2. The van der Waals surface area contributed by atoms with Gasteiger partial charge in [0.25, 0.3) is 5.91 Å². The lowest BCUT2D eigenvalue weighted by molar-refractivity contribution is 0.0779. The second-order valence-electron chi connectivity index (χ2n) is 7.07. The fourth-order valence-electron chi connectivity index (χ4n) is 4.15. The van der Waals surface area contributed by atoms with Gasteiger partial charge < -0.3 is 15.4 Å². The van der Waals surface area contributed by atoms with Gasteiger partial charge in [-0.05, 0) is 48.4 Å². The van der Waals surface area contributed by atoms with Crippen molar-refractivity contribution in [2.75, 3.05) is 20.2 Å². The molecule has 2 aromatic rings. The molecule has 2 fully saturated rings. The number of rotatable bonds is 3. The number of methoxy groups -OCH3 is 1. The van der Waals surface area contributed by atoms with Gasteiger partial charge in [0.2, 0.25) is 0 Å². The minimum Gasteiger partial charge on any atom is -0.497 e. The lowest BCUT2D eigenvalue weighted by Crippen LogP contribution is -2.33. The van der Waals surface area contributed by atoms with Gasteiger partial charge in [-0.3, -0.25) is 9.78 Å². The first-order chi connectivity index (χ1) is 12.2. The van der Waals surface area contributed by atoms with Gasteiger partial charge in [-0.2, -0.15) is 0 Å². The maximum Gasteiger partial charge on any atom is 0.255 e. The Balaban J connectivity index is 1.54. The third-order valence-corrected chi connectivity index (χ3v) is 5.61. The number of fused-ring (bicyclic) bond motifs is 1. The molecule has 5 nitrogen and oxygen atoms in total. The van der Waals surface area contributed by atoms with E-state index in [4.69, 9.17) is 10.5 Å². The van der Waals surface area contributed by atoms with Crippen LogP contribution in [-0.2, 0) is 0 Å². The molecule has 1 aromatic heterocycles. The smallest absolute Gasteiger partial charge is 0.255 e. The number of nitrogens with two attached hydrogens (primary N) is 1. The first-order valence-electron chi connectivity index (χ1n) is 8.80. The summed E-state index contributed by atoms with van der Waals surface area (Å²) < 4.78 is 5.19. The monoisotopic (exact) mass is 337 g/mol. The van der Waals surface area contributed by atoms with E-state index in [1.807, 2.05) is 35.2 Å². The summed E-state index contributed by atoms with van der Waals surface area (Å²) in [6.45, 7) is 1.60. The molecule has 1 aromatic carbocycles. The van der Waals surface area contributed by atoms with Crippen LogP contribution in [0.25, 0.3) is 11.1 Å². The van der Waals surface area contributed by atoms with Crippen molar-refractivity contribution >= 4 is 5.91 Å². The summed E-state index contributed by atoms with van der Waals surface area (Å²) in [6.07, 6.45) is 5.67. The summed E-state index contributed by atoms with van der Waals surface area (Å²) in [7, 11) is 1.65. The van der Waals surface area contributed by atoms with Crippen molar-refractivity contribution in [3.05, 3.63) is 48.3 Å². The number of pyridine rings is 1. The normalized spacial score (nSPS) is 25.0. The molecule has 0 spiro atoms. The zero-order valence-corrected chi connectivity index (χ0v) is 14.4. The van der Waals surface area contributed by atoms with Crippen LogP contribution >= 0.6 is 0 Å². The van der Waals surface area contributed by atoms with Crippen molar-refractivity contribution < 1.29 is 9.53 Å². The van der Waals surface area contributed by atoms with Gasteiger partial charge in [0.05, 0.1) is 12.7 Å². The Morgan fingerprint density at radius 1 is 1.16 bits per heavy atom. The molecular weight excluding hydrogens is 314 g/mol.